The number of ether oxygens (including phenoxy) is 1. The van der Waals surface area contributed by atoms with Gasteiger partial charge in [0.05, 0.1) is 18.3 Å². The zero-order valence-electron chi connectivity index (χ0n) is 7.27. The van der Waals surface area contributed by atoms with Crippen molar-refractivity contribution in [3.63, 3.8) is 0 Å². The van der Waals surface area contributed by atoms with E-state index in [4.69, 9.17) is 10.00 Å². The molecule has 1 fully saturated rings. The van der Waals surface area contributed by atoms with Gasteiger partial charge in [0.1, 0.15) is 5.54 Å². The first-order chi connectivity index (χ1) is 5.08. The molecule has 62 valence electrons. The summed E-state index contributed by atoms with van der Waals surface area (Å²) in [6.07, 6.45) is 0.771. The van der Waals surface area contributed by atoms with Crippen molar-refractivity contribution in [1.29, 1.82) is 5.26 Å². The Morgan fingerprint density at radius 1 is 1.55 bits per heavy atom. The molecule has 0 radical (unpaired) electrons. The summed E-state index contributed by atoms with van der Waals surface area (Å²) >= 11 is 0. The molecule has 1 saturated heterocycles. The molecule has 1 unspecified atom stereocenters. The number of nitriles is 1. The summed E-state index contributed by atoms with van der Waals surface area (Å²) in [6, 6.07) is 2.28. The lowest BCUT2D eigenvalue weighted by molar-refractivity contribution is 0.00676. The summed E-state index contributed by atoms with van der Waals surface area (Å²) in [4.78, 5) is 0. The summed E-state index contributed by atoms with van der Waals surface area (Å²) in [7, 11) is 1.81. The molecule has 1 aliphatic rings. The van der Waals surface area contributed by atoms with Crippen LogP contribution in [0.25, 0.3) is 0 Å². The highest BCUT2D eigenvalue weighted by atomic mass is 16.5. The van der Waals surface area contributed by atoms with Crippen molar-refractivity contribution in [3.8, 4) is 6.07 Å². The second-order valence-corrected chi connectivity index (χ2v) is 3.38. The fourth-order valence-corrected chi connectivity index (χ4v) is 1.56. The summed E-state index contributed by atoms with van der Waals surface area (Å²) < 4.78 is 5.45. The molecule has 1 aliphatic heterocycles. The third kappa shape index (κ3) is 1.03. The number of nitrogens with zero attached hydrogens (tertiary/aromatic N) is 1. The van der Waals surface area contributed by atoms with Gasteiger partial charge in [0.15, 0.2) is 0 Å². The van der Waals surface area contributed by atoms with E-state index in [1.165, 1.54) is 0 Å². The van der Waals surface area contributed by atoms with Gasteiger partial charge in [-0.25, -0.2) is 0 Å². The molecule has 0 saturated carbocycles. The van der Waals surface area contributed by atoms with E-state index in [9.17, 15) is 0 Å². The highest BCUT2D eigenvalue weighted by Gasteiger charge is 2.49. The molecule has 1 rings (SSSR count). The summed E-state index contributed by atoms with van der Waals surface area (Å²) in [5, 5.41) is 12.0. The third-order valence-corrected chi connectivity index (χ3v) is 2.59. The molecule has 0 aromatic rings. The van der Waals surface area contributed by atoms with Crippen LogP contribution in [0.5, 0.6) is 0 Å². The summed E-state index contributed by atoms with van der Waals surface area (Å²) in [5.41, 5.74) is -0.858. The summed E-state index contributed by atoms with van der Waals surface area (Å²) in [5.74, 6) is 0. The second kappa shape index (κ2) is 2.47. The Hall–Kier alpha value is -0.590. The van der Waals surface area contributed by atoms with Gasteiger partial charge in [0, 0.05) is 6.42 Å². The lowest BCUT2D eigenvalue weighted by Crippen LogP contribution is -2.54. The molecule has 0 aromatic heterocycles. The van der Waals surface area contributed by atoms with Gasteiger partial charge >= 0.3 is 0 Å². The van der Waals surface area contributed by atoms with E-state index in [2.05, 4.69) is 11.4 Å². The molecule has 3 heteroatoms. The van der Waals surface area contributed by atoms with Crippen molar-refractivity contribution >= 4 is 0 Å². The smallest absolute Gasteiger partial charge is 0.137 e. The van der Waals surface area contributed by atoms with Gasteiger partial charge < -0.3 is 4.74 Å². The molecule has 0 aromatic carbocycles. The third-order valence-electron chi connectivity index (χ3n) is 2.59. The largest absolute Gasteiger partial charge is 0.372 e. The van der Waals surface area contributed by atoms with Crippen LogP contribution in [0.3, 0.4) is 0 Å². The van der Waals surface area contributed by atoms with Gasteiger partial charge in [-0.05, 0) is 20.9 Å². The SMILES string of the molecule is CNC1(C#N)CCOC1(C)C. The molecule has 1 atom stereocenters. The van der Waals surface area contributed by atoms with E-state index in [0.29, 0.717) is 6.61 Å². The fraction of sp³-hybridized carbons (Fsp3) is 0.875. The molecule has 0 spiro atoms. The Morgan fingerprint density at radius 3 is 2.36 bits per heavy atom. The van der Waals surface area contributed by atoms with Crippen LogP contribution in [0.4, 0.5) is 0 Å². The van der Waals surface area contributed by atoms with Crippen molar-refractivity contribution in [2.24, 2.45) is 0 Å². The lowest BCUT2D eigenvalue weighted by Gasteiger charge is -2.33. The van der Waals surface area contributed by atoms with Crippen LogP contribution >= 0.6 is 0 Å². The first-order valence-electron chi connectivity index (χ1n) is 3.82. The quantitative estimate of drug-likeness (QED) is 0.603. The number of nitrogens with one attached hydrogen (secondary N) is 1. The highest BCUT2D eigenvalue weighted by molar-refractivity contribution is 5.18. The average molecular weight is 154 g/mol. The minimum atomic E-state index is -0.493. The van der Waals surface area contributed by atoms with E-state index in [-0.39, 0.29) is 5.60 Å². The van der Waals surface area contributed by atoms with Gasteiger partial charge in [0.25, 0.3) is 0 Å². The Bertz CT molecular complexity index is 195. The highest BCUT2D eigenvalue weighted by Crippen LogP contribution is 2.34. The maximum atomic E-state index is 8.96. The predicted octanol–water partition coefficient (Wildman–Crippen LogP) is 0.667. The first-order valence-corrected chi connectivity index (χ1v) is 3.82. The Kier molecular flexibility index (Phi) is 1.91. The lowest BCUT2D eigenvalue weighted by atomic mass is 9.83. The number of hydrogen-bond donors (Lipinski definition) is 1. The molecule has 1 heterocycles. The Balaban J connectivity index is 2.93. The molecular weight excluding hydrogens is 140 g/mol. The van der Waals surface area contributed by atoms with Crippen LogP contribution in [-0.2, 0) is 4.74 Å². The summed E-state index contributed by atoms with van der Waals surface area (Å²) in [6.45, 7) is 4.56. The van der Waals surface area contributed by atoms with Gasteiger partial charge in [-0.2, -0.15) is 5.26 Å². The van der Waals surface area contributed by atoms with Crippen LogP contribution in [0, 0.1) is 11.3 Å². The van der Waals surface area contributed by atoms with E-state index in [0.717, 1.165) is 6.42 Å². The first kappa shape index (κ1) is 8.51. The number of hydrogen-bond acceptors (Lipinski definition) is 3. The van der Waals surface area contributed by atoms with E-state index in [1.807, 2.05) is 13.8 Å². The van der Waals surface area contributed by atoms with Crippen molar-refractivity contribution in [2.45, 2.75) is 31.4 Å². The molecule has 11 heavy (non-hydrogen) atoms. The van der Waals surface area contributed by atoms with Crippen molar-refractivity contribution in [2.75, 3.05) is 13.7 Å². The number of likely N-dealkylation sites (N-methyl/N-ethyl adjacent to an activating group) is 1. The standard InChI is InChI=1S/C8H14N2O/c1-7(2)8(6-9,10-3)4-5-11-7/h10H,4-5H2,1-3H3. The van der Waals surface area contributed by atoms with Crippen molar-refractivity contribution in [3.05, 3.63) is 0 Å². The van der Waals surface area contributed by atoms with Crippen molar-refractivity contribution < 1.29 is 4.74 Å². The Morgan fingerprint density at radius 2 is 2.18 bits per heavy atom. The van der Waals surface area contributed by atoms with Gasteiger partial charge in [0.2, 0.25) is 0 Å². The fourth-order valence-electron chi connectivity index (χ4n) is 1.56. The van der Waals surface area contributed by atoms with E-state index < -0.39 is 5.54 Å². The molecule has 1 N–H and O–H groups in total. The Labute approximate surface area is 67.3 Å². The molecule has 0 amide bonds. The normalized spacial score (nSPS) is 35.1. The monoisotopic (exact) mass is 154 g/mol. The second-order valence-electron chi connectivity index (χ2n) is 3.38. The van der Waals surface area contributed by atoms with Crippen LogP contribution in [0.1, 0.15) is 20.3 Å². The predicted molar refractivity (Wildman–Crippen MR) is 42.1 cm³/mol. The van der Waals surface area contributed by atoms with E-state index in [1.54, 1.807) is 7.05 Å². The zero-order chi connectivity index (χ0) is 8.54. The zero-order valence-corrected chi connectivity index (χ0v) is 7.27. The van der Waals surface area contributed by atoms with Gasteiger partial charge in [-0.15, -0.1) is 0 Å². The van der Waals surface area contributed by atoms with Crippen LogP contribution in [-0.4, -0.2) is 24.8 Å². The maximum Gasteiger partial charge on any atom is 0.137 e. The molecule has 3 nitrogen and oxygen atoms in total. The molecule has 0 bridgehead atoms. The number of rotatable bonds is 1. The minimum Gasteiger partial charge on any atom is -0.372 e. The maximum absolute atomic E-state index is 8.96. The topological polar surface area (TPSA) is 45.0 Å². The van der Waals surface area contributed by atoms with Gasteiger partial charge in [-0.3, -0.25) is 5.32 Å². The molecule has 0 aliphatic carbocycles. The molecular formula is C8H14N2O. The van der Waals surface area contributed by atoms with E-state index >= 15 is 0 Å². The average Bonchev–Trinajstić information content (AvgIpc) is 2.26. The van der Waals surface area contributed by atoms with Crippen molar-refractivity contribution in [1.82, 2.24) is 5.32 Å². The van der Waals surface area contributed by atoms with Crippen LogP contribution < -0.4 is 5.32 Å². The van der Waals surface area contributed by atoms with Crippen LogP contribution in [0.2, 0.25) is 0 Å². The van der Waals surface area contributed by atoms with Gasteiger partial charge in [-0.1, -0.05) is 0 Å². The minimum absolute atomic E-state index is 0.365. The van der Waals surface area contributed by atoms with Crippen LogP contribution in [0.15, 0.2) is 0 Å².